The predicted octanol–water partition coefficient (Wildman–Crippen LogP) is 5.16. The summed E-state index contributed by atoms with van der Waals surface area (Å²) in [6.45, 7) is 2.64. The van der Waals surface area contributed by atoms with Crippen LogP contribution in [-0.4, -0.2) is 0 Å². The Morgan fingerprint density at radius 2 is 2.00 bits per heavy atom. The van der Waals surface area contributed by atoms with Gasteiger partial charge in [0, 0.05) is 16.7 Å². The molecule has 0 aliphatic rings. The summed E-state index contributed by atoms with van der Waals surface area (Å²) in [5, 5.41) is 3.42. The fourth-order valence-corrected chi connectivity index (χ4v) is 2.14. The molecule has 94 valence electrons. The number of hydrogen-bond donors (Lipinski definition) is 1. The molecule has 2 rings (SSSR count). The minimum atomic E-state index is -0.390. The number of rotatable bonds is 3. The number of benzene rings is 2. The van der Waals surface area contributed by atoms with Crippen LogP contribution in [0.4, 0.5) is 10.1 Å². The van der Waals surface area contributed by atoms with Gasteiger partial charge in [-0.1, -0.05) is 39.7 Å². The Kier molecular flexibility index (Phi) is 4.25. The van der Waals surface area contributed by atoms with E-state index in [9.17, 15) is 4.39 Å². The molecule has 0 aliphatic heterocycles. The average molecular weight is 329 g/mol. The first-order valence-corrected chi connectivity index (χ1v) is 6.67. The summed E-state index contributed by atoms with van der Waals surface area (Å²) in [5.41, 5.74) is 3.14. The maximum Gasteiger partial charge on any atom is 0.141 e. The third kappa shape index (κ3) is 3.24. The van der Waals surface area contributed by atoms with Crippen LogP contribution >= 0.6 is 27.5 Å². The molecule has 0 saturated heterocycles. The highest BCUT2D eigenvalue weighted by atomic mass is 79.9. The Hall–Kier alpha value is -1.06. The second kappa shape index (κ2) is 5.72. The van der Waals surface area contributed by atoms with E-state index in [1.165, 1.54) is 11.6 Å². The molecule has 4 heteroatoms. The lowest BCUT2D eigenvalue weighted by Crippen LogP contribution is -1.99. The minimum absolute atomic E-state index is 0.152. The Bertz CT molecular complexity index is 520. The molecule has 2 aromatic rings. The van der Waals surface area contributed by atoms with Crippen molar-refractivity contribution in [3.8, 4) is 0 Å². The number of halogens is 3. The molecular formula is C14H12BrClFN. The van der Waals surface area contributed by atoms with Gasteiger partial charge >= 0.3 is 0 Å². The van der Waals surface area contributed by atoms with Crippen molar-refractivity contribution in [1.29, 1.82) is 0 Å². The van der Waals surface area contributed by atoms with E-state index in [-0.39, 0.29) is 5.02 Å². The molecule has 1 N–H and O–H groups in total. The third-order valence-electron chi connectivity index (χ3n) is 2.65. The molecule has 18 heavy (non-hydrogen) atoms. The SMILES string of the molecule is Cc1ccc(NCc2ccc(F)c(Cl)c2)cc1Br. The summed E-state index contributed by atoms with van der Waals surface area (Å²) >= 11 is 9.21. The van der Waals surface area contributed by atoms with Gasteiger partial charge < -0.3 is 5.32 Å². The van der Waals surface area contributed by atoms with E-state index >= 15 is 0 Å². The smallest absolute Gasteiger partial charge is 0.141 e. The molecule has 0 fully saturated rings. The van der Waals surface area contributed by atoms with Crippen LogP contribution in [0.2, 0.25) is 5.02 Å². The largest absolute Gasteiger partial charge is 0.381 e. The van der Waals surface area contributed by atoms with Gasteiger partial charge in [-0.15, -0.1) is 0 Å². The zero-order chi connectivity index (χ0) is 13.1. The van der Waals surface area contributed by atoms with Crippen LogP contribution in [0.3, 0.4) is 0 Å². The van der Waals surface area contributed by atoms with Gasteiger partial charge in [0.2, 0.25) is 0 Å². The zero-order valence-corrected chi connectivity index (χ0v) is 12.1. The lowest BCUT2D eigenvalue weighted by molar-refractivity contribution is 0.627. The highest BCUT2D eigenvalue weighted by Crippen LogP contribution is 2.22. The van der Waals surface area contributed by atoms with Crippen LogP contribution in [0.25, 0.3) is 0 Å². The van der Waals surface area contributed by atoms with Crippen LogP contribution in [-0.2, 0) is 6.54 Å². The van der Waals surface area contributed by atoms with Crippen LogP contribution < -0.4 is 5.32 Å². The van der Waals surface area contributed by atoms with Crippen molar-refractivity contribution in [3.05, 3.63) is 62.8 Å². The second-order valence-electron chi connectivity index (χ2n) is 4.07. The quantitative estimate of drug-likeness (QED) is 0.820. The third-order valence-corrected chi connectivity index (χ3v) is 3.80. The van der Waals surface area contributed by atoms with Crippen LogP contribution in [0.5, 0.6) is 0 Å². The van der Waals surface area contributed by atoms with Crippen LogP contribution in [0.1, 0.15) is 11.1 Å². The minimum Gasteiger partial charge on any atom is -0.381 e. The number of aryl methyl sites for hydroxylation is 1. The van der Waals surface area contributed by atoms with Crippen molar-refractivity contribution in [2.45, 2.75) is 13.5 Å². The Morgan fingerprint density at radius 3 is 2.67 bits per heavy atom. The van der Waals surface area contributed by atoms with Crippen molar-refractivity contribution in [3.63, 3.8) is 0 Å². The van der Waals surface area contributed by atoms with Gasteiger partial charge in [0.1, 0.15) is 5.82 Å². The highest BCUT2D eigenvalue weighted by Gasteiger charge is 2.01. The van der Waals surface area contributed by atoms with Gasteiger partial charge in [0.25, 0.3) is 0 Å². The maximum atomic E-state index is 13.0. The monoisotopic (exact) mass is 327 g/mol. The molecule has 0 heterocycles. The number of hydrogen-bond acceptors (Lipinski definition) is 1. The van der Waals surface area contributed by atoms with E-state index in [0.29, 0.717) is 6.54 Å². The average Bonchev–Trinajstić information content (AvgIpc) is 2.35. The summed E-state index contributed by atoms with van der Waals surface area (Å²) in [5.74, 6) is -0.390. The van der Waals surface area contributed by atoms with E-state index in [1.54, 1.807) is 12.1 Å². The molecule has 1 nitrogen and oxygen atoms in total. The van der Waals surface area contributed by atoms with E-state index in [4.69, 9.17) is 11.6 Å². The summed E-state index contributed by atoms with van der Waals surface area (Å²) in [6.07, 6.45) is 0. The van der Waals surface area contributed by atoms with Gasteiger partial charge in [-0.05, 0) is 42.3 Å². The number of anilines is 1. The first-order valence-electron chi connectivity index (χ1n) is 5.50. The molecule has 0 radical (unpaired) electrons. The molecule has 0 aromatic heterocycles. The second-order valence-corrected chi connectivity index (χ2v) is 5.33. The normalized spacial score (nSPS) is 10.4. The molecule has 2 aromatic carbocycles. The van der Waals surface area contributed by atoms with Crippen molar-refractivity contribution in [1.82, 2.24) is 0 Å². The van der Waals surface area contributed by atoms with Crippen LogP contribution in [0, 0.1) is 12.7 Å². The van der Waals surface area contributed by atoms with Crippen LogP contribution in [0.15, 0.2) is 40.9 Å². The molecule has 0 bridgehead atoms. The highest BCUT2D eigenvalue weighted by molar-refractivity contribution is 9.10. The summed E-state index contributed by atoms with van der Waals surface area (Å²) in [6, 6.07) is 10.8. The van der Waals surface area contributed by atoms with Gasteiger partial charge in [-0.25, -0.2) is 4.39 Å². The van der Waals surface area contributed by atoms with E-state index in [2.05, 4.69) is 21.2 Å². The van der Waals surface area contributed by atoms with Crippen molar-refractivity contribution in [2.24, 2.45) is 0 Å². The maximum absolute atomic E-state index is 13.0. The van der Waals surface area contributed by atoms with Crippen molar-refractivity contribution in [2.75, 3.05) is 5.32 Å². The Balaban J connectivity index is 2.06. The van der Waals surface area contributed by atoms with E-state index in [0.717, 1.165) is 15.7 Å². The fraction of sp³-hybridized carbons (Fsp3) is 0.143. The van der Waals surface area contributed by atoms with Crippen molar-refractivity contribution >= 4 is 33.2 Å². The Labute approximate surface area is 119 Å². The topological polar surface area (TPSA) is 12.0 Å². The number of nitrogens with one attached hydrogen (secondary N) is 1. The predicted molar refractivity (Wildman–Crippen MR) is 77.6 cm³/mol. The lowest BCUT2D eigenvalue weighted by Gasteiger charge is -2.08. The molecule has 0 saturated carbocycles. The molecule has 0 atom stereocenters. The van der Waals surface area contributed by atoms with Gasteiger partial charge in [-0.3, -0.25) is 0 Å². The van der Waals surface area contributed by atoms with Crippen molar-refractivity contribution < 1.29 is 4.39 Å². The standard InChI is InChI=1S/C14H12BrClFN/c1-9-2-4-11(7-12(9)15)18-8-10-3-5-14(17)13(16)6-10/h2-7,18H,8H2,1H3. The van der Waals surface area contributed by atoms with E-state index in [1.807, 2.05) is 25.1 Å². The first-order chi connectivity index (χ1) is 8.56. The summed E-state index contributed by atoms with van der Waals surface area (Å²) in [4.78, 5) is 0. The van der Waals surface area contributed by atoms with E-state index < -0.39 is 5.82 Å². The summed E-state index contributed by atoms with van der Waals surface area (Å²) in [7, 11) is 0. The van der Waals surface area contributed by atoms with Gasteiger partial charge in [0.15, 0.2) is 0 Å². The molecule has 0 aliphatic carbocycles. The fourth-order valence-electron chi connectivity index (χ4n) is 1.56. The zero-order valence-electron chi connectivity index (χ0n) is 9.81. The van der Waals surface area contributed by atoms with Gasteiger partial charge in [-0.2, -0.15) is 0 Å². The molecule has 0 amide bonds. The Morgan fingerprint density at radius 1 is 1.22 bits per heavy atom. The lowest BCUT2D eigenvalue weighted by atomic mass is 10.2. The molecule has 0 spiro atoms. The molecule has 0 unspecified atom stereocenters. The van der Waals surface area contributed by atoms with Gasteiger partial charge in [0.05, 0.1) is 5.02 Å². The molecular weight excluding hydrogens is 317 g/mol. The summed E-state index contributed by atoms with van der Waals surface area (Å²) < 4.78 is 14.1. The first kappa shape index (κ1) is 13.4.